The zero-order chi connectivity index (χ0) is 17.3. The second-order valence-corrected chi connectivity index (χ2v) is 7.39. The number of carbonyl (C=O) groups excluding carboxylic acids is 2. The molecule has 3 rings (SSSR count). The average molecular weight is 335 g/mol. The topological polar surface area (TPSA) is 100 Å². The summed E-state index contributed by atoms with van der Waals surface area (Å²) in [6.07, 6.45) is 2.66. The molecule has 2 atom stereocenters. The molecule has 0 aliphatic carbocycles. The van der Waals surface area contributed by atoms with Crippen LogP contribution in [0.25, 0.3) is 0 Å². The van der Waals surface area contributed by atoms with Gasteiger partial charge in [0, 0.05) is 18.9 Å². The minimum Gasteiger partial charge on any atom is -0.339 e. The molecule has 8 nitrogen and oxygen atoms in total. The van der Waals surface area contributed by atoms with Crippen molar-refractivity contribution < 1.29 is 14.1 Å². The zero-order valence-electron chi connectivity index (χ0n) is 14.5. The van der Waals surface area contributed by atoms with Crippen LogP contribution in [-0.2, 0) is 17.8 Å². The van der Waals surface area contributed by atoms with E-state index >= 15 is 0 Å². The Labute approximate surface area is 141 Å². The Kier molecular flexibility index (Phi) is 4.58. The summed E-state index contributed by atoms with van der Waals surface area (Å²) in [4.78, 5) is 30.3. The van der Waals surface area contributed by atoms with Crippen molar-refractivity contribution in [3.63, 3.8) is 0 Å². The molecule has 0 unspecified atom stereocenters. The Morgan fingerprint density at radius 1 is 1.42 bits per heavy atom. The van der Waals surface area contributed by atoms with Crippen LogP contribution in [0.15, 0.2) is 4.52 Å². The average Bonchev–Trinajstić information content (AvgIpc) is 3.03. The Hall–Kier alpha value is -1.96. The number of urea groups is 1. The normalized spacial score (nSPS) is 28.2. The first-order chi connectivity index (χ1) is 11.4. The van der Waals surface area contributed by atoms with Crippen molar-refractivity contribution in [3.05, 3.63) is 11.7 Å². The van der Waals surface area contributed by atoms with Crippen molar-refractivity contribution in [1.29, 1.82) is 0 Å². The van der Waals surface area contributed by atoms with Gasteiger partial charge in [0.2, 0.25) is 5.89 Å². The van der Waals surface area contributed by atoms with E-state index in [1.165, 1.54) is 0 Å². The lowest BCUT2D eigenvalue weighted by atomic mass is 9.80. The summed E-state index contributed by atoms with van der Waals surface area (Å²) in [6, 6.07) is -0.406. The van der Waals surface area contributed by atoms with E-state index in [1.807, 2.05) is 0 Å². The highest BCUT2D eigenvalue weighted by atomic mass is 16.5. The molecule has 0 bridgehead atoms. The Morgan fingerprint density at radius 3 is 2.88 bits per heavy atom. The lowest BCUT2D eigenvalue weighted by molar-refractivity contribution is -0.126. The Bertz CT molecular complexity index is 629. The molecule has 3 heterocycles. The first-order valence-electron chi connectivity index (χ1n) is 8.54. The molecule has 24 heavy (non-hydrogen) atoms. The van der Waals surface area contributed by atoms with Crippen LogP contribution in [0.4, 0.5) is 4.79 Å². The molecule has 2 N–H and O–H groups in total. The molecule has 1 aromatic heterocycles. The van der Waals surface area contributed by atoms with E-state index in [9.17, 15) is 9.59 Å². The van der Waals surface area contributed by atoms with Gasteiger partial charge in [0.1, 0.15) is 5.54 Å². The molecular formula is C16H25N5O3. The number of hydrogen-bond donors (Lipinski definition) is 2. The summed E-state index contributed by atoms with van der Waals surface area (Å²) in [7, 11) is 0. The number of imide groups is 1. The van der Waals surface area contributed by atoms with Crippen LogP contribution >= 0.6 is 0 Å². The SMILES string of the molecule is CC(C)Cc1nc(CN2CCC[C@@H]([C@@]3(C)NC(=O)NC3=O)C2)no1. The predicted molar refractivity (Wildman–Crippen MR) is 85.9 cm³/mol. The molecule has 2 aliphatic heterocycles. The van der Waals surface area contributed by atoms with Gasteiger partial charge in [-0.05, 0) is 32.2 Å². The Morgan fingerprint density at radius 2 is 2.21 bits per heavy atom. The van der Waals surface area contributed by atoms with Crippen molar-refractivity contribution in [2.75, 3.05) is 13.1 Å². The predicted octanol–water partition coefficient (Wildman–Crippen LogP) is 1.08. The number of hydrogen-bond acceptors (Lipinski definition) is 6. The van der Waals surface area contributed by atoms with Gasteiger partial charge in [0.25, 0.3) is 5.91 Å². The Balaban J connectivity index is 1.62. The lowest BCUT2D eigenvalue weighted by Gasteiger charge is -2.39. The number of amides is 3. The third-order valence-electron chi connectivity index (χ3n) is 4.85. The monoisotopic (exact) mass is 335 g/mol. The van der Waals surface area contributed by atoms with Gasteiger partial charge < -0.3 is 9.84 Å². The first kappa shape index (κ1) is 16.9. The maximum Gasteiger partial charge on any atom is 0.322 e. The van der Waals surface area contributed by atoms with E-state index in [1.54, 1.807) is 6.92 Å². The number of carbonyl (C=O) groups is 2. The van der Waals surface area contributed by atoms with Crippen molar-refractivity contribution in [2.24, 2.45) is 11.8 Å². The number of nitrogens with zero attached hydrogens (tertiary/aromatic N) is 3. The third kappa shape index (κ3) is 3.43. The maximum atomic E-state index is 12.1. The van der Waals surface area contributed by atoms with Gasteiger partial charge in [-0.2, -0.15) is 4.98 Å². The number of aromatic nitrogens is 2. The number of rotatable bonds is 5. The first-order valence-corrected chi connectivity index (χ1v) is 8.54. The molecule has 1 aromatic rings. The minimum absolute atomic E-state index is 0.0692. The van der Waals surface area contributed by atoms with Crippen LogP contribution in [0, 0.1) is 11.8 Å². The van der Waals surface area contributed by atoms with E-state index in [0.29, 0.717) is 24.2 Å². The van der Waals surface area contributed by atoms with Crippen molar-refractivity contribution >= 4 is 11.9 Å². The van der Waals surface area contributed by atoms with Gasteiger partial charge in [-0.25, -0.2) is 4.79 Å². The van der Waals surface area contributed by atoms with E-state index in [-0.39, 0.29) is 11.8 Å². The van der Waals surface area contributed by atoms with Crippen molar-refractivity contribution in [3.8, 4) is 0 Å². The van der Waals surface area contributed by atoms with Crippen LogP contribution in [-0.4, -0.2) is 45.6 Å². The molecule has 0 aromatic carbocycles. The fourth-order valence-corrected chi connectivity index (χ4v) is 3.50. The fraction of sp³-hybridized carbons (Fsp3) is 0.750. The fourth-order valence-electron chi connectivity index (χ4n) is 3.50. The summed E-state index contributed by atoms with van der Waals surface area (Å²) >= 11 is 0. The lowest BCUT2D eigenvalue weighted by Crippen LogP contribution is -2.55. The second-order valence-electron chi connectivity index (χ2n) is 7.39. The van der Waals surface area contributed by atoms with E-state index in [0.717, 1.165) is 32.4 Å². The summed E-state index contributed by atoms with van der Waals surface area (Å²) in [6.45, 7) is 8.27. The summed E-state index contributed by atoms with van der Waals surface area (Å²) in [5.74, 6) is 1.65. The van der Waals surface area contributed by atoms with Crippen molar-refractivity contribution in [1.82, 2.24) is 25.7 Å². The van der Waals surface area contributed by atoms with Crippen LogP contribution in [0.1, 0.15) is 45.3 Å². The highest BCUT2D eigenvalue weighted by Crippen LogP contribution is 2.30. The molecule has 8 heteroatoms. The van der Waals surface area contributed by atoms with Gasteiger partial charge in [-0.1, -0.05) is 19.0 Å². The van der Waals surface area contributed by atoms with Gasteiger partial charge in [0.05, 0.1) is 6.54 Å². The minimum atomic E-state index is -0.837. The zero-order valence-corrected chi connectivity index (χ0v) is 14.5. The molecule has 132 valence electrons. The molecule has 3 amide bonds. The largest absolute Gasteiger partial charge is 0.339 e. The number of likely N-dealkylation sites (tertiary alicyclic amines) is 1. The van der Waals surface area contributed by atoms with Gasteiger partial charge in [0.15, 0.2) is 5.82 Å². The summed E-state index contributed by atoms with van der Waals surface area (Å²) in [5, 5.41) is 9.18. The van der Waals surface area contributed by atoms with E-state index in [2.05, 4.69) is 39.5 Å². The smallest absolute Gasteiger partial charge is 0.322 e. The summed E-state index contributed by atoms with van der Waals surface area (Å²) in [5.41, 5.74) is -0.837. The highest BCUT2D eigenvalue weighted by Gasteiger charge is 2.48. The van der Waals surface area contributed by atoms with Crippen LogP contribution in [0.2, 0.25) is 0 Å². The van der Waals surface area contributed by atoms with Gasteiger partial charge in [-0.15, -0.1) is 0 Å². The molecule has 0 spiro atoms. The van der Waals surface area contributed by atoms with Crippen LogP contribution in [0.3, 0.4) is 0 Å². The number of piperidine rings is 1. The maximum absolute atomic E-state index is 12.1. The molecule has 2 aliphatic rings. The quantitative estimate of drug-likeness (QED) is 0.781. The van der Waals surface area contributed by atoms with Crippen molar-refractivity contribution in [2.45, 2.75) is 52.1 Å². The van der Waals surface area contributed by atoms with E-state index < -0.39 is 11.6 Å². The van der Waals surface area contributed by atoms with Crippen LogP contribution < -0.4 is 10.6 Å². The van der Waals surface area contributed by atoms with Crippen LogP contribution in [0.5, 0.6) is 0 Å². The molecular weight excluding hydrogens is 310 g/mol. The molecule has 2 saturated heterocycles. The second kappa shape index (κ2) is 6.51. The van der Waals surface area contributed by atoms with E-state index in [4.69, 9.17) is 4.52 Å². The standard InChI is InChI=1S/C16H25N5O3/c1-10(2)7-13-17-12(20-24-13)9-21-6-4-5-11(8-21)16(3)14(22)18-15(23)19-16/h10-11H,4-9H2,1-3H3,(H2,18,19,22,23)/t11-,16-/m1/s1. The highest BCUT2D eigenvalue weighted by molar-refractivity contribution is 6.06. The summed E-state index contributed by atoms with van der Waals surface area (Å²) < 4.78 is 5.29. The molecule has 0 saturated carbocycles. The van der Waals surface area contributed by atoms with Gasteiger partial charge >= 0.3 is 6.03 Å². The third-order valence-corrected chi connectivity index (χ3v) is 4.85. The van der Waals surface area contributed by atoms with Gasteiger partial charge in [-0.3, -0.25) is 15.0 Å². The molecule has 2 fully saturated rings. The number of nitrogens with one attached hydrogen (secondary N) is 2. The molecule has 0 radical (unpaired) electrons.